The van der Waals surface area contributed by atoms with Crippen molar-refractivity contribution in [1.29, 1.82) is 0 Å². The zero-order valence-corrected chi connectivity index (χ0v) is 10.7. The highest BCUT2D eigenvalue weighted by molar-refractivity contribution is 5.51. The van der Waals surface area contributed by atoms with E-state index >= 15 is 0 Å². The van der Waals surface area contributed by atoms with E-state index in [1.807, 2.05) is 12.1 Å². The zero-order chi connectivity index (χ0) is 12.4. The molecule has 2 N–H and O–H groups in total. The van der Waals surface area contributed by atoms with Gasteiger partial charge in [-0.1, -0.05) is 30.3 Å². The molecule has 17 heavy (non-hydrogen) atoms. The average Bonchev–Trinajstić information content (AvgIpc) is 2.30. The smallest absolute Gasteiger partial charge is 0.0346 e. The van der Waals surface area contributed by atoms with Crippen molar-refractivity contribution < 1.29 is 0 Å². The van der Waals surface area contributed by atoms with E-state index in [-0.39, 0.29) is 0 Å². The van der Waals surface area contributed by atoms with E-state index in [1.54, 1.807) is 0 Å². The van der Waals surface area contributed by atoms with Gasteiger partial charge in [-0.25, -0.2) is 0 Å². The first-order valence-corrected chi connectivity index (χ1v) is 5.98. The van der Waals surface area contributed by atoms with Crippen molar-refractivity contribution in [2.75, 3.05) is 5.73 Å². The highest BCUT2D eigenvalue weighted by atomic mass is 14.6. The summed E-state index contributed by atoms with van der Waals surface area (Å²) in [5.41, 5.74) is 13.4. The van der Waals surface area contributed by atoms with E-state index in [0.717, 1.165) is 12.1 Å². The van der Waals surface area contributed by atoms with Crippen LogP contribution in [0, 0.1) is 20.8 Å². The van der Waals surface area contributed by atoms with Gasteiger partial charge in [0.1, 0.15) is 0 Å². The van der Waals surface area contributed by atoms with E-state index < -0.39 is 0 Å². The van der Waals surface area contributed by atoms with Crippen molar-refractivity contribution in [2.45, 2.75) is 27.2 Å². The van der Waals surface area contributed by atoms with Gasteiger partial charge in [0.2, 0.25) is 0 Å². The summed E-state index contributed by atoms with van der Waals surface area (Å²) in [5, 5.41) is 0. The van der Waals surface area contributed by atoms with Gasteiger partial charge in [0.15, 0.2) is 0 Å². The van der Waals surface area contributed by atoms with Crippen LogP contribution in [0.25, 0.3) is 0 Å². The first-order valence-electron chi connectivity index (χ1n) is 5.98. The lowest BCUT2D eigenvalue weighted by Gasteiger charge is -2.09. The normalized spacial score (nSPS) is 10.5. The molecule has 0 aliphatic heterocycles. The molecule has 0 saturated heterocycles. The fourth-order valence-electron chi connectivity index (χ4n) is 2.03. The Morgan fingerprint density at radius 3 is 2.41 bits per heavy atom. The lowest BCUT2D eigenvalue weighted by Crippen LogP contribution is -1.97. The van der Waals surface area contributed by atoms with E-state index in [1.165, 1.54) is 27.8 Å². The number of rotatable bonds is 2. The van der Waals surface area contributed by atoms with Crippen LogP contribution >= 0.6 is 0 Å². The van der Waals surface area contributed by atoms with Crippen molar-refractivity contribution in [3.63, 3.8) is 0 Å². The highest BCUT2D eigenvalue weighted by Gasteiger charge is 2.03. The quantitative estimate of drug-likeness (QED) is 0.773. The first-order chi connectivity index (χ1) is 8.08. The summed E-state index contributed by atoms with van der Waals surface area (Å²) in [5.74, 6) is 0. The molecule has 0 amide bonds. The Morgan fingerprint density at radius 2 is 1.71 bits per heavy atom. The fourth-order valence-corrected chi connectivity index (χ4v) is 2.03. The van der Waals surface area contributed by atoms with E-state index in [4.69, 9.17) is 5.73 Å². The summed E-state index contributed by atoms with van der Waals surface area (Å²) in [6, 6.07) is 12.8. The second-order valence-corrected chi connectivity index (χ2v) is 4.73. The maximum absolute atomic E-state index is 5.93. The van der Waals surface area contributed by atoms with E-state index in [0.29, 0.717) is 0 Å². The van der Waals surface area contributed by atoms with Crippen LogP contribution in [0.3, 0.4) is 0 Å². The lowest BCUT2D eigenvalue weighted by molar-refractivity contribution is 1.14. The Bertz CT molecular complexity index is 541. The third kappa shape index (κ3) is 2.50. The van der Waals surface area contributed by atoms with Gasteiger partial charge in [0.25, 0.3) is 0 Å². The average molecular weight is 225 g/mol. The van der Waals surface area contributed by atoms with Crippen LogP contribution in [0.1, 0.15) is 27.8 Å². The minimum Gasteiger partial charge on any atom is -0.399 e. The van der Waals surface area contributed by atoms with Gasteiger partial charge in [0.05, 0.1) is 0 Å². The molecule has 0 aliphatic carbocycles. The molecule has 0 radical (unpaired) electrons. The summed E-state index contributed by atoms with van der Waals surface area (Å²) >= 11 is 0. The van der Waals surface area contributed by atoms with Crippen LogP contribution in [-0.2, 0) is 6.42 Å². The standard InChI is InChI=1S/C16H19N/c1-11-7-8-14(9-12(11)2)10-15-5-4-6-16(17)13(15)3/h4-9H,10,17H2,1-3H3. The Balaban J connectivity index is 2.31. The van der Waals surface area contributed by atoms with Crippen LogP contribution in [0.2, 0.25) is 0 Å². The molecular formula is C16H19N. The Morgan fingerprint density at radius 1 is 0.941 bits per heavy atom. The Kier molecular flexibility index (Phi) is 3.19. The molecule has 2 aromatic rings. The summed E-state index contributed by atoms with van der Waals surface area (Å²) < 4.78 is 0. The van der Waals surface area contributed by atoms with E-state index in [9.17, 15) is 0 Å². The molecule has 0 atom stereocenters. The molecule has 0 bridgehead atoms. The molecular weight excluding hydrogens is 206 g/mol. The molecule has 1 nitrogen and oxygen atoms in total. The molecule has 88 valence electrons. The fraction of sp³-hybridized carbons (Fsp3) is 0.250. The largest absolute Gasteiger partial charge is 0.399 e. The summed E-state index contributed by atoms with van der Waals surface area (Å²) in [6.45, 7) is 6.39. The van der Waals surface area contributed by atoms with Crippen LogP contribution in [0.5, 0.6) is 0 Å². The molecule has 0 aromatic heterocycles. The van der Waals surface area contributed by atoms with Crippen molar-refractivity contribution in [3.05, 3.63) is 64.2 Å². The zero-order valence-electron chi connectivity index (χ0n) is 10.7. The maximum atomic E-state index is 5.93. The van der Waals surface area contributed by atoms with Crippen LogP contribution in [0.4, 0.5) is 5.69 Å². The molecule has 2 rings (SSSR count). The second-order valence-electron chi connectivity index (χ2n) is 4.73. The molecule has 0 fully saturated rings. The summed E-state index contributed by atoms with van der Waals surface area (Å²) in [6.07, 6.45) is 0.956. The van der Waals surface area contributed by atoms with Crippen LogP contribution in [-0.4, -0.2) is 0 Å². The van der Waals surface area contributed by atoms with Gasteiger partial charge < -0.3 is 5.73 Å². The lowest BCUT2D eigenvalue weighted by atomic mass is 9.97. The number of nitrogens with two attached hydrogens (primary N) is 1. The summed E-state index contributed by atoms with van der Waals surface area (Å²) in [7, 11) is 0. The van der Waals surface area contributed by atoms with Gasteiger partial charge in [-0.15, -0.1) is 0 Å². The number of hydrogen-bond donors (Lipinski definition) is 1. The number of aryl methyl sites for hydroxylation is 2. The monoisotopic (exact) mass is 225 g/mol. The van der Waals surface area contributed by atoms with Crippen molar-refractivity contribution in [3.8, 4) is 0 Å². The van der Waals surface area contributed by atoms with Crippen LogP contribution < -0.4 is 5.73 Å². The molecule has 0 unspecified atom stereocenters. The van der Waals surface area contributed by atoms with Gasteiger partial charge in [-0.05, 0) is 61.1 Å². The predicted molar refractivity (Wildman–Crippen MR) is 74.3 cm³/mol. The molecule has 1 heteroatoms. The summed E-state index contributed by atoms with van der Waals surface area (Å²) in [4.78, 5) is 0. The van der Waals surface area contributed by atoms with Crippen molar-refractivity contribution in [2.24, 2.45) is 0 Å². The van der Waals surface area contributed by atoms with Crippen molar-refractivity contribution in [1.82, 2.24) is 0 Å². The Hall–Kier alpha value is -1.76. The van der Waals surface area contributed by atoms with Crippen LogP contribution in [0.15, 0.2) is 36.4 Å². The predicted octanol–water partition coefficient (Wildman–Crippen LogP) is 3.78. The SMILES string of the molecule is Cc1ccc(Cc2cccc(N)c2C)cc1C. The highest BCUT2D eigenvalue weighted by Crippen LogP contribution is 2.20. The molecule has 0 spiro atoms. The first kappa shape index (κ1) is 11.7. The maximum Gasteiger partial charge on any atom is 0.0346 e. The third-order valence-electron chi connectivity index (χ3n) is 3.45. The molecule has 0 aliphatic rings. The minimum absolute atomic E-state index is 0.881. The van der Waals surface area contributed by atoms with Gasteiger partial charge >= 0.3 is 0 Å². The van der Waals surface area contributed by atoms with Gasteiger partial charge in [0, 0.05) is 5.69 Å². The molecule has 0 heterocycles. The van der Waals surface area contributed by atoms with Gasteiger partial charge in [-0.2, -0.15) is 0 Å². The van der Waals surface area contributed by atoms with Crippen molar-refractivity contribution >= 4 is 5.69 Å². The number of anilines is 1. The number of hydrogen-bond acceptors (Lipinski definition) is 1. The number of benzene rings is 2. The second kappa shape index (κ2) is 4.62. The van der Waals surface area contributed by atoms with Gasteiger partial charge in [-0.3, -0.25) is 0 Å². The van der Waals surface area contributed by atoms with E-state index in [2.05, 4.69) is 45.0 Å². The molecule has 0 saturated carbocycles. The minimum atomic E-state index is 0.881. The number of nitrogen functional groups attached to an aromatic ring is 1. The topological polar surface area (TPSA) is 26.0 Å². The molecule has 2 aromatic carbocycles. The Labute approximate surface area is 103 Å². The third-order valence-corrected chi connectivity index (χ3v) is 3.45.